The minimum atomic E-state index is -0.120. The Morgan fingerprint density at radius 3 is 2.64 bits per heavy atom. The maximum Gasteiger partial charge on any atom is 0.170 e. The van der Waals surface area contributed by atoms with Crippen molar-refractivity contribution in [3.05, 3.63) is 76.2 Å². The maximum atomic E-state index is 6.37. The Balaban J connectivity index is 1.45. The van der Waals surface area contributed by atoms with Gasteiger partial charge < -0.3 is 19.4 Å². The molecule has 2 fully saturated rings. The number of ether oxygens (including phenoxy) is 1. The van der Waals surface area contributed by atoms with E-state index in [9.17, 15) is 0 Å². The van der Waals surface area contributed by atoms with Crippen LogP contribution < -0.4 is 5.32 Å². The van der Waals surface area contributed by atoms with Crippen molar-refractivity contribution in [2.45, 2.75) is 12.1 Å². The number of thiocarbonyl (C=S) groups is 1. The van der Waals surface area contributed by atoms with Gasteiger partial charge in [-0.25, -0.2) is 0 Å². The van der Waals surface area contributed by atoms with Gasteiger partial charge in [-0.1, -0.05) is 29.3 Å². The van der Waals surface area contributed by atoms with Gasteiger partial charge in [-0.3, -0.25) is 9.88 Å². The lowest BCUT2D eigenvalue weighted by molar-refractivity contribution is 0.0347. The fourth-order valence-corrected chi connectivity index (χ4v) is 4.98. The number of halogens is 2. The third-order valence-electron chi connectivity index (χ3n) is 6.08. The Morgan fingerprint density at radius 1 is 1.03 bits per heavy atom. The largest absolute Gasteiger partial charge is 0.459 e. The van der Waals surface area contributed by atoms with Gasteiger partial charge in [0.2, 0.25) is 0 Å². The van der Waals surface area contributed by atoms with Gasteiger partial charge in [-0.15, -0.1) is 0 Å². The molecule has 4 heterocycles. The predicted octanol–water partition coefficient (Wildman–Crippen LogP) is 4.95. The number of nitrogens with one attached hydrogen (secondary N) is 1. The highest BCUT2D eigenvalue weighted by molar-refractivity contribution is 7.80. The Morgan fingerprint density at radius 2 is 1.88 bits per heavy atom. The lowest BCUT2D eigenvalue weighted by atomic mass is 10.0. The highest BCUT2D eigenvalue weighted by Gasteiger charge is 2.41. The molecule has 0 saturated carbocycles. The first-order valence-corrected chi connectivity index (χ1v) is 12.1. The molecular formula is C24H24Cl2N4O2S. The molecule has 2 aromatic heterocycles. The second kappa shape index (κ2) is 9.99. The number of rotatable bonds is 6. The minimum Gasteiger partial charge on any atom is -0.459 e. The van der Waals surface area contributed by atoms with E-state index in [2.05, 4.69) is 20.1 Å². The maximum absolute atomic E-state index is 6.37. The zero-order chi connectivity index (χ0) is 22.8. The molecule has 2 saturated heterocycles. The number of pyridine rings is 1. The van der Waals surface area contributed by atoms with E-state index in [4.69, 9.17) is 44.6 Å². The van der Waals surface area contributed by atoms with Crippen LogP contribution in [-0.2, 0) is 4.74 Å². The molecule has 6 nitrogen and oxygen atoms in total. The topological polar surface area (TPSA) is 53.8 Å². The smallest absolute Gasteiger partial charge is 0.170 e. The van der Waals surface area contributed by atoms with Crippen molar-refractivity contribution in [3.8, 4) is 11.3 Å². The number of nitrogens with zero attached hydrogens (tertiary/aromatic N) is 3. The lowest BCUT2D eigenvalue weighted by Crippen LogP contribution is -2.42. The lowest BCUT2D eigenvalue weighted by Gasteiger charge is -2.31. The highest BCUT2D eigenvalue weighted by atomic mass is 35.5. The van der Waals surface area contributed by atoms with Gasteiger partial charge in [0.1, 0.15) is 17.6 Å². The second-order valence-corrected chi connectivity index (χ2v) is 9.31. The second-order valence-electron chi connectivity index (χ2n) is 8.10. The molecule has 9 heteroatoms. The van der Waals surface area contributed by atoms with Crippen LogP contribution in [0.2, 0.25) is 10.0 Å². The SMILES string of the molecule is S=C1NC(c2ccccn2)C(c2ccc(-c3ccc(Cl)c(Cl)c3)o2)N1CCN1CCOCC1. The molecule has 2 aliphatic heterocycles. The third-order valence-corrected chi connectivity index (χ3v) is 7.17. The van der Waals surface area contributed by atoms with E-state index in [0.29, 0.717) is 15.2 Å². The van der Waals surface area contributed by atoms with Crippen LogP contribution in [0, 0.1) is 0 Å². The van der Waals surface area contributed by atoms with Crippen molar-refractivity contribution in [2.24, 2.45) is 0 Å². The van der Waals surface area contributed by atoms with E-state index in [1.54, 1.807) is 12.3 Å². The van der Waals surface area contributed by atoms with E-state index in [-0.39, 0.29) is 12.1 Å². The fraction of sp³-hybridized carbons (Fsp3) is 0.333. The van der Waals surface area contributed by atoms with Crippen LogP contribution in [0.15, 0.2) is 59.1 Å². The molecule has 0 radical (unpaired) electrons. The van der Waals surface area contributed by atoms with Gasteiger partial charge in [0.05, 0.1) is 35.0 Å². The van der Waals surface area contributed by atoms with Crippen molar-refractivity contribution in [1.82, 2.24) is 20.1 Å². The van der Waals surface area contributed by atoms with Gasteiger partial charge in [0, 0.05) is 37.9 Å². The summed E-state index contributed by atoms with van der Waals surface area (Å²) in [6, 6.07) is 15.2. The van der Waals surface area contributed by atoms with Crippen LogP contribution >= 0.6 is 35.4 Å². The van der Waals surface area contributed by atoms with Crippen molar-refractivity contribution in [2.75, 3.05) is 39.4 Å². The molecular weight excluding hydrogens is 479 g/mol. The monoisotopic (exact) mass is 502 g/mol. The Kier molecular flexibility index (Phi) is 6.85. The van der Waals surface area contributed by atoms with E-state index in [0.717, 1.165) is 62.2 Å². The van der Waals surface area contributed by atoms with Gasteiger partial charge in [0.25, 0.3) is 0 Å². The van der Waals surface area contributed by atoms with Crippen LogP contribution in [0.25, 0.3) is 11.3 Å². The summed E-state index contributed by atoms with van der Waals surface area (Å²) >= 11 is 18.1. The average Bonchev–Trinajstić information content (AvgIpc) is 3.45. The van der Waals surface area contributed by atoms with Crippen LogP contribution in [0.3, 0.4) is 0 Å². The van der Waals surface area contributed by atoms with E-state index in [1.165, 1.54) is 0 Å². The Bertz CT molecular complexity index is 1120. The van der Waals surface area contributed by atoms with Crippen LogP contribution in [0.1, 0.15) is 23.5 Å². The van der Waals surface area contributed by atoms with E-state index >= 15 is 0 Å². The van der Waals surface area contributed by atoms with Gasteiger partial charge in [-0.2, -0.15) is 0 Å². The van der Waals surface area contributed by atoms with Crippen LogP contribution in [0.4, 0.5) is 0 Å². The van der Waals surface area contributed by atoms with Crippen LogP contribution in [0.5, 0.6) is 0 Å². The summed E-state index contributed by atoms with van der Waals surface area (Å²) in [5, 5.41) is 5.19. The summed E-state index contributed by atoms with van der Waals surface area (Å²) in [6.45, 7) is 5.09. The Hall–Kier alpha value is -2.16. The molecule has 2 atom stereocenters. The summed E-state index contributed by atoms with van der Waals surface area (Å²) in [7, 11) is 0. The van der Waals surface area contributed by atoms with E-state index < -0.39 is 0 Å². The summed E-state index contributed by atoms with van der Waals surface area (Å²) in [4.78, 5) is 9.21. The molecule has 172 valence electrons. The van der Waals surface area contributed by atoms with Gasteiger partial charge >= 0.3 is 0 Å². The third kappa shape index (κ3) is 4.88. The summed E-state index contributed by atoms with van der Waals surface area (Å²) < 4.78 is 11.9. The first-order valence-electron chi connectivity index (χ1n) is 10.9. The minimum absolute atomic E-state index is 0.115. The normalized spacial score (nSPS) is 21.4. The number of morpholine rings is 1. The predicted molar refractivity (Wildman–Crippen MR) is 134 cm³/mol. The summed E-state index contributed by atoms with van der Waals surface area (Å²) in [5.74, 6) is 1.55. The molecule has 0 bridgehead atoms. The summed E-state index contributed by atoms with van der Waals surface area (Å²) in [5.41, 5.74) is 1.80. The molecule has 1 N–H and O–H groups in total. The van der Waals surface area contributed by atoms with E-state index in [1.807, 2.05) is 42.5 Å². The molecule has 33 heavy (non-hydrogen) atoms. The molecule has 2 unspecified atom stereocenters. The molecule has 2 aliphatic rings. The Labute approximate surface area is 208 Å². The molecule has 0 aliphatic carbocycles. The molecule has 1 aromatic carbocycles. The quantitative estimate of drug-likeness (QED) is 0.478. The average molecular weight is 503 g/mol. The standard InChI is InChI=1S/C24H24Cl2N4O2S/c25-17-5-4-16(15-18(17)26)20-6-7-21(32-20)23-22(19-3-1-2-8-27-19)28-24(33)30(23)10-9-29-11-13-31-14-12-29/h1-8,15,22-23H,9-14H2,(H,28,33). The number of hydrogen-bond acceptors (Lipinski definition) is 5. The van der Waals surface area contributed by atoms with Crippen molar-refractivity contribution in [3.63, 3.8) is 0 Å². The molecule has 5 rings (SSSR count). The molecule has 0 spiro atoms. The van der Waals surface area contributed by atoms with Crippen molar-refractivity contribution < 1.29 is 9.15 Å². The molecule has 3 aromatic rings. The number of furan rings is 1. The summed E-state index contributed by atoms with van der Waals surface area (Å²) in [6.07, 6.45) is 1.80. The highest BCUT2D eigenvalue weighted by Crippen LogP contribution is 2.40. The zero-order valence-electron chi connectivity index (χ0n) is 17.9. The van der Waals surface area contributed by atoms with Crippen molar-refractivity contribution >= 4 is 40.5 Å². The first kappa shape index (κ1) is 22.6. The first-order chi connectivity index (χ1) is 16.1. The van der Waals surface area contributed by atoms with Crippen molar-refractivity contribution in [1.29, 1.82) is 0 Å². The van der Waals surface area contributed by atoms with Gasteiger partial charge in [0.15, 0.2) is 5.11 Å². The number of benzene rings is 1. The van der Waals surface area contributed by atoms with Crippen LogP contribution in [-0.4, -0.2) is 59.3 Å². The number of hydrogen-bond donors (Lipinski definition) is 1. The van der Waals surface area contributed by atoms with Gasteiger partial charge in [-0.05, 0) is 54.7 Å². The fourth-order valence-electron chi connectivity index (χ4n) is 4.35. The molecule has 0 amide bonds. The zero-order valence-corrected chi connectivity index (χ0v) is 20.2. The number of aromatic nitrogens is 1.